The van der Waals surface area contributed by atoms with Crippen LogP contribution in [0, 0.1) is 0 Å². The van der Waals surface area contributed by atoms with Crippen molar-refractivity contribution < 1.29 is 5.11 Å². The normalized spacial score (nSPS) is 24.2. The fourth-order valence-electron chi connectivity index (χ4n) is 2.22. The maximum Gasteiger partial charge on any atom is 0.0601 e. The molecule has 14 heavy (non-hydrogen) atoms. The molecule has 0 aromatic carbocycles. The smallest absolute Gasteiger partial charge is 0.0601 e. The van der Waals surface area contributed by atoms with Crippen LogP contribution in [0.2, 0.25) is 0 Å². The van der Waals surface area contributed by atoms with Crippen LogP contribution >= 0.6 is 0 Å². The van der Waals surface area contributed by atoms with E-state index in [1.54, 1.807) is 0 Å². The van der Waals surface area contributed by atoms with Crippen LogP contribution in [0.5, 0.6) is 0 Å². The zero-order valence-electron chi connectivity index (χ0n) is 9.28. The lowest BCUT2D eigenvalue weighted by Gasteiger charge is -2.33. The summed E-state index contributed by atoms with van der Waals surface area (Å²) >= 11 is 0. The predicted molar refractivity (Wildman–Crippen MR) is 59.2 cm³/mol. The van der Waals surface area contributed by atoms with Gasteiger partial charge in [-0.1, -0.05) is 19.8 Å². The van der Waals surface area contributed by atoms with Crippen molar-refractivity contribution >= 4 is 0 Å². The highest BCUT2D eigenvalue weighted by molar-refractivity contribution is 4.81. The molecule has 0 aromatic rings. The van der Waals surface area contributed by atoms with Crippen molar-refractivity contribution in [1.29, 1.82) is 0 Å². The highest BCUT2D eigenvalue weighted by Gasteiger charge is 2.23. The molecule has 0 amide bonds. The summed E-state index contributed by atoms with van der Waals surface area (Å²) in [6.07, 6.45) is 6.12. The van der Waals surface area contributed by atoms with Crippen LogP contribution in [0.3, 0.4) is 0 Å². The first-order valence-corrected chi connectivity index (χ1v) is 5.90. The van der Waals surface area contributed by atoms with Gasteiger partial charge in [0, 0.05) is 12.1 Å². The van der Waals surface area contributed by atoms with Crippen molar-refractivity contribution in [3.8, 4) is 0 Å². The molecule has 3 N–H and O–H groups in total. The number of hydrogen-bond donors (Lipinski definition) is 2. The molecule has 2 atom stereocenters. The number of aliphatic hydroxyl groups is 1. The van der Waals surface area contributed by atoms with E-state index in [1.807, 2.05) is 0 Å². The largest absolute Gasteiger partial charge is 0.395 e. The van der Waals surface area contributed by atoms with Crippen LogP contribution in [-0.2, 0) is 0 Å². The summed E-state index contributed by atoms with van der Waals surface area (Å²) in [5.41, 5.74) is 6.01. The standard InChI is InChI=1S/C11H24N2O/c1-2-10(12)11(9-14)13-7-5-3-4-6-8-13/h10-11,14H,2-9,12H2,1H3. The van der Waals surface area contributed by atoms with Crippen LogP contribution in [-0.4, -0.2) is 41.8 Å². The maximum atomic E-state index is 9.35. The Morgan fingerprint density at radius 3 is 2.21 bits per heavy atom. The van der Waals surface area contributed by atoms with Gasteiger partial charge in [0.1, 0.15) is 0 Å². The second-order valence-corrected chi connectivity index (χ2v) is 4.27. The molecule has 1 heterocycles. The molecule has 0 aromatic heterocycles. The van der Waals surface area contributed by atoms with Crippen molar-refractivity contribution in [2.45, 2.75) is 51.1 Å². The fourth-order valence-corrected chi connectivity index (χ4v) is 2.22. The minimum atomic E-state index is 0.123. The SMILES string of the molecule is CCC(N)C(CO)N1CCCCCC1. The topological polar surface area (TPSA) is 49.5 Å². The van der Waals surface area contributed by atoms with Gasteiger partial charge in [-0.15, -0.1) is 0 Å². The van der Waals surface area contributed by atoms with Crippen molar-refractivity contribution in [1.82, 2.24) is 4.90 Å². The first kappa shape index (κ1) is 12.0. The molecule has 0 aliphatic carbocycles. The number of likely N-dealkylation sites (tertiary alicyclic amines) is 1. The average Bonchev–Trinajstić information content (AvgIpc) is 2.47. The van der Waals surface area contributed by atoms with Gasteiger partial charge in [0.05, 0.1) is 6.61 Å². The molecule has 0 radical (unpaired) electrons. The monoisotopic (exact) mass is 200 g/mol. The Morgan fingerprint density at radius 1 is 1.21 bits per heavy atom. The van der Waals surface area contributed by atoms with Crippen molar-refractivity contribution in [2.75, 3.05) is 19.7 Å². The molecule has 84 valence electrons. The summed E-state index contributed by atoms with van der Waals surface area (Å²) in [6.45, 7) is 4.51. The van der Waals surface area contributed by atoms with E-state index in [4.69, 9.17) is 5.73 Å². The molecule has 0 saturated carbocycles. The van der Waals surface area contributed by atoms with Crippen molar-refractivity contribution in [3.05, 3.63) is 0 Å². The Hall–Kier alpha value is -0.120. The Kier molecular flexibility index (Phi) is 5.45. The molecular formula is C11H24N2O. The number of nitrogens with zero attached hydrogens (tertiary/aromatic N) is 1. The lowest BCUT2D eigenvalue weighted by Crippen LogP contribution is -2.50. The minimum absolute atomic E-state index is 0.123. The molecular weight excluding hydrogens is 176 g/mol. The number of aliphatic hydroxyl groups excluding tert-OH is 1. The van der Waals surface area contributed by atoms with Crippen molar-refractivity contribution in [2.24, 2.45) is 5.73 Å². The van der Waals surface area contributed by atoms with E-state index >= 15 is 0 Å². The Labute approximate surface area is 87.3 Å². The van der Waals surface area contributed by atoms with Crippen LogP contribution in [0.1, 0.15) is 39.0 Å². The van der Waals surface area contributed by atoms with Gasteiger partial charge >= 0.3 is 0 Å². The quantitative estimate of drug-likeness (QED) is 0.710. The molecule has 0 spiro atoms. The van der Waals surface area contributed by atoms with Crippen LogP contribution in [0.15, 0.2) is 0 Å². The van der Waals surface area contributed by atoms with Gasteiger partial charge in [0.15, 0.2) is 0 Å². The first-order valence-electron chi connectivity index (χ1n) is 5.90. The number of nitrogens with two attached hydrogens (primary N) is 1. The number of rotatable bonds is 4. The average molecular weight is 200 g/mol. The maximum absolute atomic E-state index is 9.35. The Morgan fingerprint density at radius 2 is 1.79 bits per heavy atom. The summed E-state index contributed by atoms with van der Waals surface area (Å²) < 4.78 is 0. The number of hydrogen-bond acceptors (Lipinski definition) is 3. The molecule has 1 aliphatic rings. The molecule has 3 nitrogen and oxygen atoms in total. The van der Waals surface area contributed by atoms with Gasteiger partial charge in [-0.25, -0.2) is 0 Å². The fraction of sp³-hybridized carbons (Fsp3) is 1.00. The van der Waals surface area contributed by atoms with Gasteiger partial charge in [-0.2, -0.15) is 0 Å². The van der Waals surface area contributed by atoms with Crippen LogP contribution in [0.25, 0.3) is 0 Å². The molecule has 1 saturated heterocycles. The van der Waals surface area contributed by atoms with Gasteiger partial charge in [-0.05, 0) is 32.4 Å². The predicted octanol–water partition coefficient (Wildman–Crippen LogP) is 0.961. The third kappa shape index (κ3) is 3.23. The Bertz CT molecular complexity index is 144. The summed E-state index contributed by atoms with van der Waals surface area (Å²) in [7, 11) is 0. The minimum Gasteiger partial charge on any atom is -0.395 e. The summed E-state index contributed by atoms with van der Waals surface area (Å²) in [5, 5.41) is 9.35. The van der Waals surface area contributed by atoms with E-state index in [9.17, 15) is 5.11 Å². The van der Waals surface area contributed by atoms with Gasteiger partial charge in [0.25, 0.3) is 0 Å². The third-order valence-electron chi connectivity index (χ3n) is 3.26. The zero-order valence-corrected chi connectivity index (χ0v) is 9.28. The summed E-state index contributed by atoms with van der Waals surface area (Å²) in [5.74, 6) is 0. The lowest BCUT2D eigenvalue weighted by molar-refractivity contribution is 0.106. The molecule has 1 rings (SSSR count). The van der Waals surface area contributed by atoms with E-state index in [1.165, 1.54) is 25.7 Å². The van der Waals surface area contributed by atoms with E-state index in [0.29, 0.717) is 0 Å². The van der Waals surface area contributed by atoms with Gasteiger partial charge in [0.2, 0.25) is 0 Å². The summed E-state index contributed by atoms with van der Waals surface area (Å²) in [4.78, 5) is 2.38. The summed E-state index contributed by atoms with van der Waals surface area (Å²) in [6, 6.07) is 0.302. The second kappa shape index (κ2) is 6.38. The highest BCUT2D eigenvalue weighted by atomic mass is 16.3. The first-order chi connectivity index (χ1) is 6.79. The van der Waals surface area contributed by atoms with Crippen LogP contribution < -0.4 is 5.73 Å². The van der Waals surface area contributed by atoms with Gasteiger partial charge in [-0.3, -0.25) is 4.90 Å². The van der Waals surface area contributed by atoms with Gasteiger partial charge < -0.3 is 10.8 Å². The van der Waals surface area contributed by atoms with Crippen LogP contribution in [0.4, 0.5) is 0 Å². The molecule has 2 unspecified atom stereocenters. The van der Waals surface area contributed by atoms with E-state index < -0.39 is 0 Å². The third-order valence-corrected chi connectivity index (χ3v) is 3.26. The molecule has 0 bridgehead atoms. The second-order valence-electron chi connectivity index (χ2n) is 4.27. The van der Waals surface area contributed by atoms with E-state index in [0.717, 1.165) is 19.5 Å². The Balaban J connectivity index is 2.48. The molecule has 1 fully saturated rings. The lowest BCUT2D eigenvalue weighted by atomic mass is 10.1. The van der Waals surface area contributed by atoms with E-state index in [2.05, 4.69) is 11.8 Å². The highest BCUT2D eigenvalue weighted by Crippen LogP contribution is 2.14. The van der Waals surface area contributed by atoms with E-state index in [-0.39, 0.29) is 18.7 Å². The zero-order chi connectivity index (χ0) is 10.4. The van der Waals surface area contributed by atoms with Crippen molar-refractivity contribution in [3.63, 3.8) is 0 Å². The molecule has 3 heteroatoms. The molecule has 1 aliphatic heterocycles.